The molecule has 0 amide bonds. The first-order valence-corrected chi connectivity index (χ1v) is 11.4. The number of hydrogen-bond donors (Lipinski definition) is 3. The predicted molar refractivity (Wildman–Crippen MR) is 116 cm³/mol. The van der Waals surface area contributed by atoms with Crippen LogP contribution in [0.4, 0.5) is 0 Å². The number of aryl methyl sites for hydroxylation is 1. The molecule has 0 saturated heterocycles. The van der Waals surface area contributed by atoms with Crippen LogP contribution < -0.4 is 22.4 Å². The molecule has 1 rings (SSSR count). The summed E-state index contributed by atoms with van der Waals surface area (Å²) in [5.41, 5.74) is 21.9. The molecule has 0 heterocycles. The van der Waals surface area contributed by atoms with Crippen molar-refractivity contribution in [3.63, 3.8) is 0 Å². The van der Waals surface area contributed by atoms with Gasteiger partial charge in [0.1, 0.15) is 0 Å². The van der Waals surface area contributed by atoms with Crippen LogP contribution in [-0.2, 0) is 19.3 Å². The summed E-state index contributed by atoms with van der Waals surface area (Å²) in [7, 11) is 1.15. The van der Waals surface area contributed by atoms with Gasteiger partial charge in [-0.3, -0.25) is 0 Å². The Labute approximate surface area is 158 Å². The molecule has 0 spiro atoms. The highest BCUT2D eigenvalue weighted by molar-refractivity contribution is 6.33. The van der Waals surface area contributed by atoms with Crippen molar-refractivity contribution < 1.29 is 0 Å². The molecule has 0 fully saturated rings. The van der Waals surface area contributed by atoms with E-state index in [0.29, 0.717) is 0 Å². The zero-order valence-electron chi connectivity index (χ0n) is 16.5. The molecule has 144 valence electrons. The maximum Gasteiger partial charge on any atom is 0.0388 e. The van der Waals surface area contributed by atoms with E-state index in [9.17, 15) is 0 Å². The van der Waals surface area contributed by atoms with Gasteiger partial charge in [0.15, 0.2) is 0 Å². The van der Waals surface area contributed by atoms with Gasteiger partial charge in [0, 0.05) is 10.2 Å². The molecule has 0 aliphatic rings. The summed E-state index contributed by atoms with van der Waals surface area (Å²) in [6.45, 7) is 2.46. The first kappa shape index (κ1) is 22.4. The number of benzene rings is 1. The van der Waals surface area contributed by atoms with Crippen molar-refractivity contribution in [2.45, 2.75) is 77.0 Å². The minimum absolute atomic E-state index is 0.817. The number of unbranched alkanes of at least 4 members (excludes halogenated alkanes) is 6. The van der Waals surface area contributed by atoms with E-state index < -0.39 is 0 Å². The van der Waals surface area contributed by atoms with Crippen molar-refractivity contribution >= 4 is 15.4 Å². The van der Waals surface area contributed by atoms with Crippen molar-refractivity contribution in [1.29, 1.82) is 0 Å². The molecule has 0 bridgehead atoms. The Balaban J connectivity index is 2.80. The average molecular weight is 364 g/mol. The van der Waals surface area contributed by atoms with Gasteiger partial charge in [-0.05, 0) is 94.1 Å². The molecular formula is C21H41N3Si. The molecule has 1 aromatic carbocycles. The van der Waals surface area contributed by atoms with E-state index in [4.69, 9.17) is 17.2 Å². The van der Waals surface area contributed by atoms with Crippen molar-refractivity contribution in [3.05, 3.63) is 28.8 Å². The molecule has 0 saturated carbocycles. The van der Waals surface area contributed by atoms with E-state index in [1.165, 1.54) is 57.8 Å². The lowest BCUT2D eigenvalue weighted by Gasteiger charge is -2.18. The summed E-state index contributed by atoms with van der Waals surface area (Å²) in [5.74, 6) is 0. The van der Waals surface area contributed by atoms with E-state index in [1.807, 2.05) is 0 Å². The summed E-state index contributed by atoms with van der Waals surface area (Å²) in [6, 6.07) is 4.80. The molecule has 25 heavy (non-hydrogen) atoms. The van der Waals surface area contributed by atoms with Gasteiger partial charge < -0.3 is 17.2 Å². The summed E-state index contributed by atoms with van der Waals surface area (Å²) in [4.78, 5) is 0. The Morgan fingerprint density at radius 3 is 1.56 bits per heavy atom. The lowest BCUT2D eigenvalue weighted by Crippen LogP contribution is -2.16. The fourth-order valence-corrected chi connectivity index (χ4v) is 4.35. The Morgan fingerprint density at radius 1 is 0.560 bits per heavy atom. The van der Waals surface area contributed by atoms with Crippen molar-refractivity contribution in [3.8, 4) is 0 Å². The summed E-state index contributed by atoms with van der Waals surface area (Å²) >= 11 is 0. The Kier molecular flexibility index (Phi) is 13.0. The summed E-state index contributed by atoms with van der Waals surface area (Å²) in [6.07, 6.45) is 14.7. The first-order valence-electron chi connectivity index (χ1n) is 10.4. The molecule has 0 aromatic heterocycles. The van der Waals surface area contributed by atoms with Gasteiger partial charge in [-0.1, -0.05) is 36.6 Å². The standard InChI is InChI=1S/C21H41N3Si/c22-15-7-1-4-10-18-13-14-21(25)20(12-6-3-9-17-24)19(18)11-5-2-8-16-23/h13-14H,1-12,15-17,22-24H2,25H3. The summed E-state index contributed by atoms with van der Waals surface area (Å²) in [5, 5.41) is 1.60. The Morgan fingerprint density at radius 2 is 1.04 bits per heavy atom. The third kappa shape index (κ3) is 9.00. The SMILES string of the molecule is NCCCCCc1ccc([SiH3])c(CCCCCN)c1CCCCCN. The van der Waals surface area contributed by atoms with Crippen LogP contribution in [0.5, 0.6) is 0 Å². The van der Waals surface area contributed by atoms with Crippen LogP contribution in [0.1, 0.15) is 74.5 Å². The van der Waals surface area contributed by atoms with Crippen molar-refractivity contribution in [2.75, 3.05) is 19.6 Å². The van der Waals surface area contributed by atoms with Gasteiger partial charge in [0.25, 0.3) is 0 Å². The van der Waals surface area contributed by atoms with Gasteiger partial charge >= 0.3 is 0 Å². The highest BCUT2D eigenvalue weighted by atomic mass is 28.1. The van der Waals surface area contributed by atoms with Gasteiger partial charge in [-0.25, -0.2) is 0 Å². The number of nitrogens with two attached hydrogens (primary N) is 3. The van der Waals surface area contributed by atoms with Crippen LogP contribution >= 0.6 is 0 Å². The normalized spacial score (nSPS) is 11.3. The van der Waals surface area contributed by atoms with Crippen LogP contribution in [0.3, 0.4) is 0 Å². The van der Waals surface area contributed by atoms with E-state index >= 15 is 0 Å². The molecular weight excluding hydrogens is 322 g/mol. The van der Waals surface area contributed by atoms with Crippen LogP contribution in [0.25, 0.3) is 0 Å². The number of rotatable bonds is 15. The van der Waals surface area contributed by atoms with E-state index in [2.05, 4.69) is 12.1 Å². The second kappa shape index (κ2) is 14.5. The maximum absolute atomic E-state index is 5.67. The topological polar surface area (TPSA) is 78.1 Å². The average Bonchev–Trinajstić information content (AvgIpc) is 2.62. The van der Waals surface area contributed by atoms with Crippen molar-refractivity contribution in [1.82, 2.24) is 0 Å². The zero-order chi connectivity index (χ0) is 18.3. The highest BCUT2D eigenvalue weighted by Crippen LogP contribution is 2.21. The molecule has 3 nitrogen and oxygen atoms in total. The number of hydrogen-bond acceptors (Lipinski definition) is 3. The second-order valence-electron chi connectivity index (χ2n) is 7.30. The van der Waals surface area contributed by atoms with Gasteiger partial charge in [0.2, 0.25) is 0 Å². The Hall–Kier alpha value is -0.683. The van der Waals surface area contributed by atoms with E-state index in [-0.39, 0.29) is 0 Å². The van der Waals surface area contributed by atoms with Crippen LogP contribution in [0.2, 0.25) is 0 Å². The minimum atomic E-state index is 0.817. The molecule has 4 heteroatoms. The van der Waals surface area contributed by atoms with Crippen LogP contribution in [-0.4, -0.2) is 29.9 Å². The third-order valence-electron chi connectivity index (χ3n) is 5.17. The lowest BCUT2D eigenvalue weighted by atomic mass is 9.90. The molecule has 0 aliphatic carbocycles. The second-order valence-corrected chi connectivity index (χ2v) is 8.37. The fraction of sp³-hybridized carbons (Fsp3) is 0.714. The summed E-state index contributed by atoms with van der Waals surface area (Å²) < 4.78 is 0. The zero-order valence-corrected chi connectivity index (χ0v) is 18.5. The van der Waals surface area contributed by atoms with E-state index in [0.717, 1.165) is 49.1 Å². The predicted octanol–water partition coefficient (Wildman–Crippen LogP) is 1.69. The third-order valence-corrected chi connectivity index (χ3v) is 6.11. The quantitative estimate of drug-likeness (QED) is 0.328. The molecule has 0 radical (unpaired) electrons. The molecule has 6 N–H and O–H groups in total. The molecule has 0 atom stereocenters. The van der Waals surface area contributed by atoms with Gasteiger partial charge in [0.05, 0.1) is 0 Å². The van der Waals surface area contributed by atoms with Crippen LogP contribution in [0.15, 0.2) is 12.1 Å². The minimum Gasteiger partial charge on any atom is -0.330 e. The maximum atomic E-state index is 5.67. The monoisotopic (exact) mass is 363 g/mol. The molecule has 1 aromatic rings. The smallest absolute Gasteiger partial charge is 0.0388 e. The highest BCUT2D eigenvalue weighted by Gasteiger charge is 2.11. The Bertz CT molecular complexity index is 463. The lowest BCUT2D eigenvalue weighted by molar-refractivity contribution is 0.656. The van der Waals surface area contributed by atoms with Crippen molar-refractivity contribution in [2.24, 2.45) is 17.2 Å². The first-order chi connectivity index (χ1) is 12.2. The van der Waals surface area contributed by atoms with Gasteiger partial charge in [-0.15, -0.1) is 0 Å². The molecule has 0 aliphatic heterocycles. The fourth-order valence-electron chi connectivity index (χ4n) is 3.63. The largest absolute Gasteiger partial charge is 0.330 e. The van der Waals surface area contributed by atoms with Gasteiger partial charge in [-0.2, -0.15) is 0 Å². The van der Waals surface area contributed by atoms with Crippen LogP contribution in [0, 0.1) is 0 Å². The van der Waals surface area contributed by atoms with E-state index in [1.54, 1.807) is 21.9 Å². The molecule has 0 unspecified atom stereocenters.